The van der Waals surface area contributed by atoms with E-state index in [0.29, 0.717) is 77.9 Å². The summed E-state index contributed by atoms with van der Waals surface area (Å²) >= 11 is 6.27. The van der Waals surface area contributed by atoms with Crippen molar-refractivity contribution >= 4 is 34.8 Å². The molecule has 0 radical (unpaired) electrons. The van der Waals surface area contributed by atoms with Gasteiger partial charge in [-0.1, -0.05) is 18.5 Å². The Labute approximate surface area is 227 Å². The maximum atomic E-state index is 15.6. The number of carbonyl (C=O) groups is 1. The molecule has 3 heterocycles. The van der Waals surface area contributed by atoms with E-state index in [1.165, 1.54) is 6.07 Å². The zero-order valence-corrected chi connectivity index (χ0v) is 22.4. The van der Waals surface area contributed by atoms with E-state index >= 15 is 4.39 Å². The third-order valence-electron chi connectivity index (χ3n) is 7.14. The zero-order chi connectivity index (χ0) is 26.6. The van der Waals surface area contributed by atoms with Crippen molar-refractivity contribution in [1.29, 1.82) is 0 Å². The van der Waals surface area contributed by atoms with Gasteiger partial charge in [0.25, 0.3) is 5.91 Å². The van der Waals surface area contributed by atoms with Gasteiger partial charge in [-0.15, -0.1) is 0 Å². The van der Waals surface area contributed by atoms with E-state index < -0.39 is 5.82 Å². The smallest absolute Gasteiger partial charge is 0.255 e. The van der Waals surface area contributed by atoms with Crippen LogP contribution in [0.5, 0.6) is 0 Å². The van der Waals surface area contributed by atoms with Crippen LogP contribution in [0.4, 0.5) is 21.7 Å². The number of nitrogens with zero attached hydrogens (tertiary/aromatic N) is 4. The van der Waals surface area contributed by atoms with Crippen molar-refractivity contribution in [2.75, 3.05) is 61.6 Å². The van der Waals surface area contributed by atoms with Gasteiger partial charge in [0, 0.05) is 66.3 Å². The van der Waals surface area contributed by atoms with E-state index in [9.17, 15) is 4.79 Å². The van der Waals surface area contributed by atoms with Crippen molar-refractivity contribution in [3.05, 3.63) is 64.7 Å². The number of rotatable bonds is 7. The van der Waals surface area contributed by atoms with Crippen LogP contribution >= 0.6 is 11.6 Å². The number of amides is 1. The first-order valence-corrected chi connectivity index (χ1v) is 13.3. The highest BCUT2D eigenvalue weighted by Crippen LogP contribution is 2.36. The summed E-state index contributed by atoms with van der Waals surface area (Å²) in [7, 11) is 1.92. The number of carbonyl (C=O) groups excluding carboxylic acids is 1. The lowest BCUT2D eigenvalue weighted by atomic mass is 10.0. The highest BCUT2D eigenvalue weighted by atomic mass is 35.5. The van der Waals surface area contributed by atoms with Crippen LogP contribution in [-0.2, 0) is 11.2 Å². The van der Waals surface area contributed by atoms with E-state index in [4.69, 9.17) is 16.3 Å². The Morgan fingerprint density at radius 1 is 1.11 bits per heavy atom. The van der Waals surface area contributed by atoms with Gasteiger partial charge >= 0.3 is 0 Å². The summed E-state index contributed by atoms with van der Waals surface area (Å²) in [5.41, 5.74) is 3.45. The molecule has 2 fully saturated rings. The summed E-state index contributed by atoms with van der Waals surface area (Å²) in [6, 6.07) is 8.79. The molecule has 2 aromatic carbocycles. The second-order valence-corrected chi connectivity index (χ2v) is 10.0. The molecule has 5 rings (SSSR count). The van der Waals surface area contributed by atoms with Crippen LogP contribution in [0.1, 0.15) is 29.3 Å². The molecule has 0 saturated carbocycles. The predicted molar refractivity (Wildman–Crippen MR) is 149 cm³/mol. The van der Waals surface area contributed by atoms with Crippen LogP contribution in [0.25, 0.3) is 11.1 Å². The van der Waals surface area contributed by atoms with Crippen molar-refractivity contribution in [2.45, 2.75) is 25.8 Å². The molecule has 2 N–H and O–H groups in total. The summed E-state index contributed by atoms with van der Waals surface area (Å²) in [5, 5.41) is 6.82. The first-order chi connectivity index (χ1) is 18.4. The van der Waals surface area contributed by atoms with Gasteiger partial charge in [0.05, 0.1) is 24.6 Å². The molecular formula is C28H32ClFN6O2. The fraction of sp³-hybridized carbons (Fsp3) is 0.393. The number of anilines is 3. The number of halogens is 2. The third kappa shape index (κ3) is 5.75. The molecule has 1 atom stereocenters. The third-order valence-corrected chi connectivity index (χ3v) is 7.36. The second kappa shape index (κ2) is 11.6. The highest BCUT2D eigenvalue weighted by Gasteiger charge is 2.26. The Balaban J connectivity index is 1.49. The van der Waals surface area contributed by atoms with Crippen molar-refractivity contribution in [1.82, 2.24) is 15.3 Å². The summed E-state index contributed by atoms with van der Waals surface area (Å²) in [6.07, 6.45) is 4.93. The van der Waals surface area contributed by atoms with E-state index in [1.807, 2.05) is 31.0 Å². The summed E-state index contributed by atoms with van der Waals surface area (Å²) in [4.78, 5) is 26.4. The van der Waals surface area contributed by atoms with Crippen molar-refractivity contribution in [2.24, 2.45) is 0 Å². The summed E-state index contributed by atoms with van der Waals surface area (Å²) in [5.74, 6) is -0.112. The molecule has 1 amide bonds. The maximum Gasteiger partial charge on any atom is 0.255 e. The van der Waals surface area contributed by atoms with Crippen molar-refractivity contribution < 1.29 is 13.9 Å². The normalized spacial score (nSPS) is 17.6. The highest BCUT2D eigenvalue weighted by molar-refractivity contribution is 6.31. The molecule has 0 aliphatic carbocycles. The van der Waals surface area contributed by atoms with E-state index in [1.54, 1.807) is 24.5 Å². The molecule has 3 aromatic rings. The molecule has 1 unspecified atom stereocenters. The average Bonchev–Trinajstić information content (AvgIpc) is 3.43. The largest absolute Gasteiger partial charge is 0.378 e. The maximum absolute atomic E-state index is 15.6. The molecule has 1 aromatic heterocycles. The van der Waals surface area contributed by atoms with Gasteiger partial charge in [-0.25, -0.2) is 14.4 Å². The number of nitrogens with one attached hydrogen (secondary N) is 2. The molecule has 38 heavy (non-hydrogen) atoms. The van der Waals surface area contributed by atoms with Crippen LogP contribution in [-0.4, -0.2) is 68.4 Å². The van der Waals surface area contributed by atoms with Gasteiger partial charge in [0.15, 0.2) is 0 Å². The predicted octanol–water partition coefficient (Wildman–Crippen LogP) is 4.39. The monoisotopic (exact) mass is 538 g/mol. The number of likely N-dealkylation sites (N-methyl/N-ethyl adjacent to an activating group) is 1. The summed E-state index contributed by atoms with van der Waals surface area (Å²) in [6.45, 7) is 6.16. The molecule has 8 nitrogen and oxygen atoms in total. The van der Waals surface area contributed by atoms with Crippen LogP contribution in [0.3, 0.4) is 0 Å². The average molecular weight is 539 g/mol. The lowest BCUT2D eigenvalue weighted by molar-refractivity contribution is 0.102. The minimum atomic E-state index is -0.398. The minimum Gasteiger partial charge on any atom is -0.378 e. The fourth-order valence-electron chi connectivity index (χ4n) is 4.93. The number of hydrogen-bond donors (Lipinski definition) is 2. The number of benzene rings is 2. The Morgan fingerprint density at radius 3 is 2.55 bits per heavy atom. The van der Waals surface area contributed by atoms with Gasteiger partial charge in [-0.3, -0.25) is 4.79 Å². The summed E-state index contributed by atoms with van der Waals surface area (Å²) < 4.78 is 21.0. The SMILES string of the molecule is CCc1cc(Cl)cc(C(=O)Nc2cc(-c3cnc(N4CCOCC4)nc3)c(F)cc2N2CCC(NC)C2)c1. The lowest BCUT2D eigenvalue weighted by Gasteiger charge is -2.26. The van der Waals surface area contributed by atoms with E-state index in [-0.39, 0.29) is 5.91 Å². The molecular weight excluding hydrogens is 507 g/mol. The Hall–Kier alpha value is -3.27. The Kier molecular flexibility index (Phi) is 8.06. The van der Waals surface area contributed by atoms with Crippen molar-refractivity contribution in [3.63, 3.8) is 0 Å². The first kappa shape index (κ1) is 26.3. The first-order valence-electron chi connectivity index (χ1n) is 13.0. The Morgan fingerprint density at radius 2 is 1.87 bits per heavy atom. The van der Waals surface area contributed by atoms with Gasteiger partial charge in [-0.2, -0.15) is 0 Å². The molecule has 200 valence electrons. The van der Waals surface area contributed by atoms with Crippen LogP contribution in [0.2, 0.25) is 5.02 Å². The van der Waals surface area contributed by atoms with Gasteiger partial charge < -0.3 is 25.2 Å². The molecule has 2 aliphatic rings. The second-order valence-electron chi connectivity index (χ2n) is 9.60. The molecule has 10 heteroatoms. The van der Waals surface area contributed by atoms with E-state index in [0.717, 1.165) is 24.9 Å². The van der Waals surface area contributed by atoms with Gasteiger partial charge in [0.1, 0.15) is 5.82 Å². The van der Waals surface area contributed by atoms with Crippen LogP contribution in [0.15, 0.2) is 42.7 Å². The quantitative estimate of drug-likeness (QED) is 0.462. The molecule has 0 bridgehead atoms. The number of aryl methyl sites for hydroxylation is 1. The van der Waals surface area contributed by atoms with Crippen molar-refractivity contribution in [3.8, 4) is 11.1 Å². The number of morpholine rings is 1. The van der Waals surface area contributed by atoms with Crippen LogP contribution < -0.4 is 20.4 Å². The van der Waals surface area contributed by atoms with E-state index in [2.05, 4.69) is 25.5 Å². The van der Waals surface area contributed by atoms with Gasteiger partial charge in [0.2, 0.25) is 5.95 Å². The number of hydrogen-bond acceptors (Lipinski definition) is 7. The standard InChI is InChI=1S/C28H32ClFN6O2/c1-3-18-10-19(12-21(29)11-18)27(37)34-25-13-23(24(30)14-26(25)36-5-4-22(17-36)31-2)20-15-32-28(33-16-20)35-6-8-38-9-7-35/h10-16,22,31H,3-9,17H2,1-2H3,(H,34,37). The Bertz CT molecular complexity index is 1300. The zero-order valence-electron chi connectivity index (χ0n) is 21.6. The molecule has 2 saturated heterocycles. The minimum absolute atomic E-state index is 0.294. The van der Waals surface area contributed by atoms with Crippen LogP contribution in [0, 0.1) is 5.82 Å². The van der Waals surface area contributed by atoms with Gasteiger partial charge in [-0.05, 0) is 55.8 Å². The topological polar surface area (TPSA) is 82.6 Å². The number of aromatic nitrogens is 2. The fourth-order valence-corrected chi connectivity index (χ4v) is 5.19. The molecule has 0 spiro atoms. The number of ether oxygens (including phenoxy) is 1. The lowest BCUT2D eigenvalue weighted by Crippen LogP contribution is -2.37. The molecule has 2 aliphatic heterocycles.